The first-order valence-corrected chi connectivity index (χ1v) is 10.3. The standard InChI is InChI=1S/C22H23N3O4S/c1-22(2,3)19-10-16-20(23-12-24-21(16)30-19)28-11-14-8-17(25-29-14)15-7-6-13(26-4)9-18(15)27-5/h6-10,12H,11H2,1-5H3. The Morgan fingerprint density at radius 2 is 1.87 bits per heavy atom. The molecule has 0 amide bonds. The van der Waals surface area contributed by atoms with Crippen LogP contribution in [0.15, 0.2) is 41.2 Å². The maximum absolute atomic E-state index is 5.94. The normalized spacial score (nSPS) is 11.6. The molecule has 1 aromatic carbocycles. The van der Waals surface area contributed by atoms with Crippen molar-refractivity contribution in [3.63, 3.8) is 0 Å². The second-order valence-electron chi connectivity index (χ2n) is 7.79. The van der Waals surface area contributed by atoms with Crippen molar-refractivity contribution in [2.45, 2.75) is 32.8 Å². The van der Waals surface area contributed by atoms with Gasteiger partial charge in [0.05, 0.1) is 19.6 Å². The number of thiophene rings is 1. The van der Waals surface area contributed by atoms with Gasteiger partial charge in [0, 0.05) is 22.6 Å². The Hall–Kier alpha value is -3.13. The summed E-state index contributed by atoms with van der Waals surface area (Å²) in [5, 5.41) is 5.06. The van der Waals surface area contributed by atoms with Crippen molar-refractivity contribution in [3.05, 3.63) is 47.3 Å². The molecule has 0 aliphatic rings. The highest BCUT2D eigenvalue weighted by Crippen LogP contribution is 2.37. The van der Waals surface area contributed by atoms with Gasteiger partial charge in [0.25, 0.3) is 0 Å². The maximum Gasteiger partial charge on any atom is 0.225 e. The quantitative estimate of drug-likeness (QED) is 0.418. The smallest absolute Gasteiger partial charge is 0.225 e. The highest BCUT2D eigenvalue weighted by atomic mass is 32.1. The van der Waals surface area contributed by atoms with Gasteiger partial charge in [-0.2, -0.15) is 0 Å². The van der Waals surface area contributed by atoms with Crippen LogP contribution < -0.4 is 14.2 Å². The zero-order chi connectivity index (χ0) is 21.3. The van der Waals surface area contributed by atoms with E-state index >= 15 is 0 Å². The van der Waals surface area contributed by atoms with Crippen molar-refractivity contribution >= 4 is 21.6 Å². The number of ether oxygens (including phenoxy) is 3. The minimum Gasteiger partial charge on any atom is -0.497 e. The van der Waals surface area contributed by atoms with E-state index in [1.54, 1.807) is 31.6 Å². The summed E-state index contributed by atoms with van der Waals surface area (Å²) in [4.78, 5) is 10.8. The lowest BCUT2D eigenvalue weighted by atomic mass is 9.94. The van der Waals surface area contributed by atoms with Gasteiger partial charge in [0.2, 0.25) is 5.88 Å². The molecular weight excluding hydrogens is 402 g/mol. The molecule has 3 heterocycles. The van der Waals surface area contributed by atoms with Crippen LogP contribution in [0.3, 0.4) is 0 Å². The molecule has 0 saturated carbocycles. The van der Waals surface area contributed by atoms with Crippen molar-refractivity contribution in [3.8, 4) is 28.6 Å². The SMILES string of the molecule is COc1ccc(-c2cc(COc3ncnc4sc(C(C)(C)C)cc34)on2)c(OC)c1. The summed E-state index contributed by atoms with van der Waals surface area (Å²) < 4.78 is 22.1. The van der Waals surface area contributed by atoms with Gasteiger partial charge in [-0.15, -0.1) is 11.3 Å². The molecule has 0 N–H and O–H groups in total. The summed E-state index contributed by atoms with van der Waals surface area (Å²) >= 11 is 1.66. The van der Waals surface area contributed by atoms with E-state index in [4.69, 9.17) is 18.7 Å². The van der Waals surface area contributed by atoms with Gasteiger partial charge >= 0.3 is 0 Å². The van der Waals surface area contributed by atoms with Crippen LogP contribution in [0.1, 0.15) is 31.4 Å². The van der Waals surface area contributed by atoms with Crippen molar-refractivity contribution in [2.24, 2.45) is 0 Å². The number of rotatable bonds is 6. The summed E-state index contributed by atoms with van der Waals surface area (Å²) in [6.45, 7) is 6.73. The highest BCUT2D eigenvalue weighted by molar-refractivity contribution is 7.18. The molecule has 0 bridgehead atoms. The van der Waals surface area contributed by atoms with E-state index in [1.165, 1.54) is 11.2 Å². The van der Waals surface area contributed by atoms with Crippen LogP contribution in [0.4, 0.5) is 0 Å². The Morgan fingerprint density at radius 1 is 1.03 bits per heavy atom. The average Bonchev–Trinajstić information content (AvgIpc) is 3.39. The predicted octanol–water partition coefficient (Wildman–Crippen LogP) is 5.24. The van der Waals surface area contributed by atoms with Crippen LogP contribution >= 0.6 is 11.3 Å². The zero-order valence-corrected chi connectivity index (χ0v) is 18.4. The van der Waals surface area contributed by atoms with E-state index in [0.29, 0.717) is 28.8 Å². The molecule has 8 heteroatoms. The van der Waals surface area contributed by atoms with Gasteiger partial charge in [-0.05, 0) is 23.6 Å². The lowest BCUT2D eigenvalue weighted by Gasteiger charge is -2.14. The Bertz CT molecular complexity index is 1180. The molecule has 3 aromatic heterocycles. The molecule has 0 radical (unpaired) electrons. The van der Waals surface area contributed by atoms with Crippen LogP contribution in [-0.4, -0.2) is 29.3 Å². The van der Waals surface area contributed by atoms with Crippen LogP contribution in [0.2, 0.25) is 0 Å². The van der Waals surface area contributed by atoms with Gasteiger partial charge in [-0.25, -0.2) is 9.97 Å². The summed E-state index contributed by atoms with van der Waals surface area (Å²) in [5.74, 6) is 2.48. The molecule has 4 rings (SSSR count). The lowest BCUT2D eigenvalue weighted by molar-refractivity contribution is 0.244. The van der Waals surface area contributed by atoms with E-state index < -0.39 is 0 Å². The molecule has 0 aliphatic carbocycles. The number of methoxy groups -OCH3 is 2. The molecule has 0 atom stereocenters. The van der Waals surface area contributed by atoms with Crippen molar-refractivity contribution in [1.82, 2.24) is 15.1 Å². The minimum atomic E-state index is 0.0416. The zero-order valence-electron chi connectivity index (χ0n) is 17.6. The van der Waals surface area contributed by atoms with E-state index in [2.05, 4.69) is 42.0 Å². The molecule has 4 aromatic rings. The van der Waals surface area contributed by atoms with E-state index in [0.717, 1.165) is 15.8 Å². The van der Waals surface area contributed by atoms with E-state index in [-0.39, 0.29) is 12.0 Å². The van der Waals surface area contributed by atoms with Crippen LogP contribution in [-0.2, 0) is 12.0 Å². The predicted molar refractivity (Wildman–Crippen MR) is 115 cm³/mol. The van der Waals surface area contributed by atoms with Crippen molar-refractivity contribution in [1.29, 1.82) is 0 Å². The minimum absolute atomic E-state index is 0.0416. The molecule has 0 fully saturated rings. The molecule has 156 valence electrons. The Balaban J connectivity index is 1.55. The molecular formula is C22H23N3O4S. The topological polar surface area (TPSA) is 79.5 Å². The third kappa shape index (κ3) is 3.95. The highest BCUT2D eigenvalue weighted by Gasteiger charge is 2.20. The Labute approximate surface area is 178 Å². The van der Waals surface area contributed by atoms with Gasteiger partial charge in [-0.3, -0.25) is 0 Å². The molecule has 0 spiro atoms. The summed E-state index contributed by atoms with van der Waals surface area (Å²) in [6.07, 6.45) is 1.52. The van der Waals surface area contributed by atoms with Gasteiger partial charge in [0.1, 0.15) is 28.4 Å². The Kier molecular flexibility index (Phi) is 5.34. The fourth-order valence-electron chi connectivity index (χ4n) is 2.98. The Morgan fingerprint density at radius 3 is 2.60 bits per heavy atom. The van der Waals surface area contributed by atoms with Crippen LogP contribution in [0, 0.1) is 0 Å². The van der Waals surface area contributed by atoms with Gasteiger partial charge < -0.3 is 18.7 Å². The first kappa shape index (κ1) is 20.2. The van der Waals surface area contributed by atoms with E-state index in [9.17, 15) is 0 Å². The number of hydrogen-bond donors (Lipinski definition) is 0. The number of fused-ring (bicyclic) bond motifs is 1. The number of nitrogens with zero attached hydrogens (tertiary/aromatic N) is 3. The summed E-state index contributed by atoms with van der Waals surface area (Å²) in [7, 11) is 3.22. The summed E-state index contributed by atoms with van der Waals surface area (Å²) in [6, 6.07) is 9.47. The lowest BCUT2D eigenvalue weighted by Crippen LogP contribution is -2.07. The number of aromatic nitrogens is 3. The average molecular weight is 426 g/mol. The third-order valence-electron chi connectivity index (χ3n) is 4.63. The number of hydrogen-bond acceptors (Lipinski definition) is 8. The maximum atomic E-state index is 5.94. The fraction of sp³-hybridized carbons (Fsp3) is 0.318. The summed E-state index contributed by atoms with van der Waals surface area (Å²) in [5.41, 5.74) is 1.51. The molecule has 0 aliphatic heterocycles. The van der Waals surface area contributed by atoms with Crippen molar-refractivity contribution in [2.75, 3.05) is 14.2 Å². The van der Waals surface area contributed by atoms with Crippen molar-refractivity contribution < 1.29 is 18.7 Å². The van der Waals surface area contributed by atoms with Gasteiger partial charge in [-0.1, -0.05) is 25.9 Å². The first-order chi connectivity index (χ1) is 14.4. The number of benzene rings is 1. The van der Waals surface area contributed by atoms with E-state index in [1.807, 2.05) is 18.2 Å². The fourth-order valence-corrected chi connectivity index (χ4v) is 4.02. The second-order valence-corrected chi connectivity index (χ2v) is 8.82. The third-order valence-corrected chi connectivity index (χ3v) is 6.10. The second kappa shape index (κ2) is 7.95. The van der Waals surface area contributed by atoms with Gasteiger partial charge in [0.15, 0.2) is 12.4 Å². The largest absolute Gasteiger partial charge is 0.497 e. The molecule has 30 heavy (non-hydrogen) atoms. The molecule has 7 nitrogen and oxygen atoms in total. The molecule has 0 unspecified atom stereocenters. The first-order valence-electron chi connectivity index (χ1n) is 9.45. The molecule has 0 saturated heterocycles. The monoisotopic (exact) mass is 425 g/mol. The van der Waals surface area contributed by atoms with Crippen LogP contribution in [0.25, 0.3) is 21.5 Å². The van der Waals surface area contributed by atoms with Crippen LogP contribution in [0.5, 0.6) is 17.4 Å².